The van der Waals surface area contributed by atoms with Crippen LogP contribution >= 0.6 is 0 Å². The van der Waals surface area contributed by atoms with E-state index in [4.69, 9.17) is 15.7 Å². The second kappa shape index (κ2) is 7.79. The van der Waals surface area contributed by atoms with Crippen LogP contribution in [0.4, 0.5) is 4.79 Å². The molecule has 1 atom stereocenters. The number of unbranched alkanes of at least 4 members (excludes halogenated alkanes) is 1. The lowest BCUT2D eigenvalue weighted by Crippen LogP contribution is -2.33. The molecule has 0 bridgehead atoms. The van der Waals surface area contributed by atoms with Crippen molar-refractivity contribution in [3.63, 3.8) is 0 Å². The first kappa shape index (κ1) is 16.5. The third-order valence-electron chi connectivity index (χ3n) is 2.35. The fourth-order valence-corrected chi connectivity index (χ4v) is 1.33. The third-order valence-corrected chi connectivity index (χ3v) is 2.35. The van der Waals surface area contributed by atoms with Gasteiger partial charge in [-0.3, -0.25) is 0 Å². The van der Waals surface area contributed by atoms with Gasteiger partial charge in [0.2, 0.25) is 0 Å². The van der Waals surface area contributed by atoms with Gasteiger partial charge in [-0.2, -0.15) is 0 Å². The molecule has 0 heterocycles. The van der Waals surface area contributed by atoms with E-state index in [1.165, 1.54) is 0 Å². The largest absolute Gasteiger partial charge is 0.444 e. The number of carbonyl (C=O) groups is 1. The molecular weight excluding hydrogens is 234 g/mol. The molecule has 6 nitrogen and oxygen atoms in total. The van der Waals surface area contributed by atoms with Gasteiger partial charge in [0.1, 0.15) is 11.4 Å². The van der Waals surface area contributed by atoms with Gasteiger partial charge < -0.3 is 21.0 Å². The van der Waals surface area contributed by atoms with Crippen molar-refractivity contribution in [2.24, 2.45) is 16.8 Å². The molecule has 0 aliphatic heterocycles. The van der Waals surface area contributed by atoms with Crippen LogP contribution < -0.4 is 11.1 Å². The zero-order valence-electron chi connectivity index (χ0n) is 11.7. The lowest BCUT2D eigenvalue weighted by molar-refractivity contribution is 0.0527. The van der Waals surface area contributed by atoms with E-state index in [1.54, 1.807) is 0 Å². The van der Waals surface area contributed by atoms with Gasteiger partial charge >= 0.3 is 6.09 Å². The quantitative estimate of drug-likeness (QED) is 0.223. The van der Waals surface area contributed by atoms with Crippen molar-refractivity contribution in [2.75, 3.05) is 6.54 Å². The minimum absolute atomic E-state index is 0.0523. The van der Waals surface area contributed by atoms with Gasteiger partial charge in [0.15, 0.2) is 0 Å². The molecule has 0 aliphatic rings. The van der Waals surface area contributed by atoms with Crippen LogP contribution in [-0.2, 0) is 4.74 Å². The predicted octanol–water partition coefficient (Wildman–Crippen LogP) is 2.06. The summed E-state index contributed by atoms with van der Waals surface area (Å²) in [6.45, 7) is 7.94. The number of carbonyl (C=O) groups excluding carboxylic acids is 1. The third kappa shape index (κ3) is 8.66. The van der Waals surface area contributed by atoms with E-state index < -0.39 is 11.7 Å². The van der Waals surface area contributed by atoms with Crippen LogP contribution in [0.1, 0.15) is 47.0 Å². The number of amidine groups is 1. The lowest BCUT2D eigenvalue weighted by Gasteiger charge is -2.19. The molecule has 0 radical (unpaired) electrons. The molecule has 0 unspecified atom stereocenters. The monoisotopic (exact) mass is 259 g/mol. The number of nitrogens with zero attached hydrogens (tertiary/aromatic N) is 1. The fraction of sp³-hybridized carbons (Fsp3) is 0.833. The van der Waals surface area contributed by atoms with E-state index >= 15 is 0 Å². The van der Waals surface area contributed by atoms with Crippen LogP contribution in [0.3, 0.4) is 0 Å². The molecule has 0 fully saturated rings. The number of rotatable bonds is 6. The van der Waals surface area contributed by atoms with Gasteiger partial charge in [-0.05, 0) is 33.6 Å². The fourth-order valence-electron chi connectivity index (χ4n) is 1.33. The Kier molecular flexibility index (Phi) is 7.16. The predicted molar refractivity (Wildman–Crippen MR) is 70.7 cm³/mol. The summed E-state index contributed by atoms with van der Waals surface area (Å²) in [5, 5.41) is 14.1. The molecule has 1 amide bonds. The maximum atomic E-state index is 11.3. The van der Waals surface area contributed by atoms with Gasteiger partial charge in [0.25, 0.3) is 0 Å². The number of hydrogen-bond acceptors (Lipinski definition) is 4. The molecule has 0 aromatic heterocycles. The van der Waals surface area contributed by atoms with Crippen LogP contribution in [0.25, 0.3) is 0 Å². The van der Waals surface area contributed by atoms with Crippen molar-refractivity contribution >= 4 is 11.9 Å². The van der Waals surface area contributed by atoms with Gasteiger partial charge in [0.05, 0.1) is 0 Å². The molecule has 0 aromatic rings. The average molecular weight is 259 g/mol. The number of ether oxygens (including phenoxy) is 1. The second-order valence-corrected chi connectivity index (χ2v) is 5.35. The summed E-state index contributed by atoms with van der Waals surface area (Å²) >= 11 is 0. The number of amides is 1. The molecule has 0 saturated heterocycles. The van der Waals surface area contributed by atoms with Crippen molar-refractivity contribution in [3.8, 4) is 0 Å². The summed E-state index contributed by atoms with van der Waals surface area (Å²) < 4.78 is 5.10. The highest BCUT2D eigenvalue weighted by molar-refractivity contribution is 5.81. The van der Waals surface area contributed by atoms with Gasteiger partial charge in [-0.25, -0.2) is 4.79 Å². The van der Waals surface area contributed by atoms with Gasteiger partial charge in [-0.1, -0.05) is 18.5 Å². The van der Waals surface area contributed by atoms with Crippen molar-refractivity contribution in [2.45, 2.75) is 52.6 Å². The highest BCUT2D eigenvalue weighted by atomic mass is 16.6. The topological polar surface area (TPSA) is 96.9 Å². The Balaban J connectivity index is 3.60. The van der Waals surface area contributed by atoms with E-state index in [2.05, 4.69) is 10.5 Å². The molecule has 0 aliphatic carbocycles. The molecule has 106 valence electrons. The minimum atomic E-state index is -0.468. The summed E-state index contributed by atoms with van der Waals surface area (Å²) in [5.74, 6) is 0.298. The van der Waals surface area contributed by atoms with Crippen LogP contribution in [0.15, 0.2) is 5.16 Å². The molecule has 0 spiro atoms. The van der Waals surface area contributed by atoms with E-state index in [-0.39, 0.29) is 11.8 Å². The van der Waals surface area contributed by atoms with Crippen LogP contribution in [0, 0.1) is 5.92 Å². The van der Waals surface area contributed by atoms with Gasteiger partial charge in [-0.15, -0.1) is 0 Å². The molecule has 0 aromatic carbocycles. The minimum Gasteiger partial charge on any atom is -0.444 e. The van der Waals surface area contributed by atoms with E-state index in [0.29, 0.717) is 6.54 Å². The standard InChI is InChI=1S/C12H25N3O3/c1-9(10(13)15-17)7-5-6-8-14-11(16)18-12(2,3)4/h9,17H,5-8H2,1-4H3,(H2,13,15)(H,14,16)/t9-/m0/s1. The van der Waals surface area contributed by atoms with E-state index in [1.807, 2.05) is 27.7 Å². The van der Waals surface area contributed by atoms with E-state index in [9.17, 15) is 4.79 Å². The average Bonchev–Trinajstić information content (AvgIpc) is 2.24. The Morgan fingerprint density at radius 1 is 1.44 bits per heavy atom. The lowest BCUT2D eigenvalue weighted by atomic mass is 10.0. The Morgan fingerprint density at radius 3 is 2.56 bits per heavy atom. The van der Waals surface area contributed by atoms with Crippen molar-refractivity contribution in [3.05, 3.63) is 0 Å². The maximum Gasteiger partial charge on any atom is 0.407 e. The normalized spacial score (nSPS) is 14.1. The van der Waals surface area contributed by atoms with Crippen LogP contribution in [-0.4, -0.2) is 29.3 Å². The molecular formula is C12H25N3O3. The SMILES string of the molecule is C[C@@H](CCCCNC(=O)OC(C)(C)C)/C(N)=N/O. The molecule has 6 heteroatoms. The molecule has 0 rings (SSSR count). The first-order chi connectivity index (χ1) is 8.26. The van der Waals surface area contributed by atoms with Crippen molar-refractivity contribution in [1.29, 1.82) is 0 Å². The first-order valence-electron chi connectivity index (χ1n) is 6.20. The highest BCUT2D eigenvalue weighted by Gasteiger charge is 2.15. The molecule has 0 saturated carbocycles. The first-order valence-corrected chi connectivity index (χ1v) is 6.20. The van der Waals surface area contributed by atoms with Crippen molar-refractivity contribution in [1.82, 2.24) is 5.32 Å². The number of nitrogens with one attached hydrogen (secondary N) is 1. The van der Waals surface area contributed by atoms with Gasteiger partial charge in [0, 0.05) is 12.5 Å². The summed E-state index contributed by atoms with van der Waals surface area (Å²) in [6, 6.07) is 0. The van der Waals surface area contributed by atoms with Crippen LogP contribution in [0.2, 0.25) is 0 Å². The zero-order chi connectivity index (χ0) is 14.2. The Bertz CT molecular complexity index is 285. The maximum absolute atomic E-state index is 11.3. The summed E-state index contributed by atoms with van der Waals surface area (Å²) in [6.07, 6.45) is 2.16. The smallest absolute Gasteiger partial charge is 0.407 e. The zero-order valence-corrected chi connectivity index (χ0v) is 11.7. The number of nitrogens with two attached hydrogens (primary N) is 1. The Labute approximate surface area is 109 Å². The van der Waals surface area contributed by atoms with Crippen molar-refractivity contribution < 1.29 is 14.7 Å². The summed E-state index contributed by atoms with van der Waals surface area (Å²) in [5.41, 5.74) is 4.99. The molecule has 4 N–H and O–H groups in total. The molecule has 18 heavy (non-hydrogen) atoms. The number of hydrogen-bond donors (Lipinski definition) is 3. The van der Waals surface area contributed by atoms with Crippen LogP contribution in [0.5, 0.6) is 0 Å². The van der Waals surface area contributed by atoms with E-state index in [0.717, 1.165) is 19.3 Å². The Hall–Kier alpha value is -1.46. The highest BCUT2D eigenvalue weighted by Crippen LogP contribution is 2.08. The summed E-state index contributed by atoms with van der Waals surface area (Å²) in [7, 11) is 0. The Morgan fingerprint density at radius 2 is 2.06 bits per heavy atom. The summed E-state index contributed by atoms with van der Waals surface area (Å²) in [4.78, 5) is 11.3. The number of oxime groups is 1. The second-order valence-electron chi connectivity index (χ2n) is 5.35. The number of alkyl carbamates (subject to hydrolysis) is 1.